The van der Waals surface area contributed by atoms with E-state index in [0.717, 1.165) is 13.2 Å². The van der Waals surface area contributed by atoms with Crippen molar-refractivity contribution in [3.8, 4) is 0 Å². The van der Waals surface area contributed by atoms with Crippen molar-refractivity contribution in [3.63, 3.8) is 0 Å². The molecule has 1 N–H and O–H groups in total. The summed E-state index contributed by atoms with van der Waals surface area (Å²) in [6.45, 7) is 0. The summed E-state index contributed by atoms with van der Waals surface area (Å²) in [7, 11) is 1.10. The first kappa shape index (κ1) is 11.8. The number of rotatable bonds is 2. The maximum atomic E-state index is 12.4. The van der Waals surface area contributed by atoms with E-state index in [0.29, 0.717) is 0 Å². The van der Waals surface area contributed by atoms with Crippen LogP contribution in [0.3, 0.4) is 0 Å². The van der Waals surface area contributed by atoms with Gasteiger partial charge in [0, 0.05) is 6.07 Å². The normalized spacial score (nSPS) is 10.5. The summed E-state index contributed by atoms with van der Waals surface area (Å²) in [6, 6.07) is 0.891. The number of nitrogens with one attached hydrogen (secondary N) is 1. The molecule has 0 spiro atoms. The van der Waals surface area contributed by atoms with Gasteiger partial charge < -0.3 is 9.72 Å². The van der Waals surface area contributed by atoms with Gasteiger partial charge in [0.1, 0.15) is 0 Å². The molecule has 0 aromatic carbocycles. The SMILES string of the molecule is COC(=O)c1cc(=O)[nH]c(C(F)F)c1Br. The minimum Gasteiger partial charge on any atom is -0.465 e. The molecular weight excluding hydrogens is 276 g/mol. The number of H-pyrrole nitrogens is 1. The topological polar surface area (TPSA) is 59.2 Å². The fraction of sp³-hybridized carbons (Fsp3) is 0.250. The zero-order valence-corrected chi connectivity index (χ0v) is 9.10. The number of methoxy groups -OCH3 is 1. The molecule has 0 bridgehead atoms. The zero-order valence-electron chi connectivity index (χ0n) is 7.51. The molecule has 1 aromatic heterocycles. The summed E-state index contributed by atoms with van der Waals surface area (Å²) >= 11 is 2.81. The van der Waals surface area contributed by atoms with Crippen molar-refractivity contribution in [3.05, 3.63) is 32.2 Å². The van der Waals surface area contributed by atoms with Crippen LogP contribution < -0.4 is 5.56 Å². The summed E-state index contributed by atoms with van der Waals surface area (Å²) < 4.78 is 29.0. The molecule has 0 aliphatic carbocycles. The molecule has 4 nitrogen and oxygen atoms in total. The molecule has 0 radical (unpaired) electrons. The number of esters is 1. The molecule has 0 aliphatic rings. The molecule has 7 heteroatoms. The van der Waals surface area contributed by atoms with Crippen molar-refractivity contribution < 1.29 is 18.3 Å². The third-order valence-corrected chi connectivity index (χ3v) is 2.48. The van der Waals surface area contributed by atoms with Crippen LogP contribution in [0, 0.1) is 0 Å². The number of aromatic nitrogens is 1. The molecule has 1 aromatic rings. The highest BCUT2D eigenvalue weighted by Crippen LogP contribution is 2.27. The Kier molecular flexibility index (Phi) is 3.57. The second kappa shape index (κ2) is 4.52. The highest BCUT2D eigenvalue weighted by atomic mass is 79.9. The minimum atomic E-state index is -2.88. The van der Waals surface area contributed by atoms with Crippen molar-refractivity contribution in [2.45, 2.75) is 6.43 Å². The average molecular weight is 282 g/mol. The Hall–Kier alpha value is -1.24. The van der Waals surface area contributed by atoms with Crippen LogP contribution in [0.2, 0.25) is 0 Å². The maximum absolute atomic E-state index is 12.4. The summed E-state index contributed by atoms with van der Waals surface area (Å²) in [6.07, 6.45) is -2.88. The van der Waals surface area contributed by atoms with Gasteiger partial charge in [0.15, 0.2) is 0 Å². The van der Waals surface area contributed by atoms with Gasteiger partial charge >= 0.3 is 5.97 Å². The number of hydrogen-bond donors (Lipinski definition) is 1. The number of alkyl halides is 2. The Morgan fingerprint density at radius 2 is 2.20 bits per heavy atom. The number of pyridine rings is 1. The highest BCUT2D eigenvalue weighted by Gasteiger charge is 2.20. The Bertz CT molecular complexity index is 444. The molecule has 0 amide bonds. The lowest BCUT2D eigenvalue weighted by atomic mass is 10.2. The largest absolute Gasteiger partial charge is 0.465 e. The van der Waals surface area contributed by atoms with Crippen molar-refractivity contribution in [2.75, 3.05) is 7.11 Å². The standard InChI is InChI=1S/C8H6BrF2NO3/c1-15-8(14)3-2-4(13)12-6(5(3)9)7(10)11/h2,7H,1H3,(H,12,13). The predicted molar refractivity (Wildman–Crippen MR) is 51.1 cm³/mol. The van der Waals surface area contributed by atoms with E-state index in [1.807, 2.05) is 4.98 Å². The number of aromatic amines is 1. The molecule has 1 heterocycles. The van der Waals surface area contributed by atoms with Gasteiger partial charge in [0.05, 0.1) is 22.8 Å². The maximum Gasteiger partial charge on any atom is 0.339 e. The number of carbonyl (C=O) groups excluding carboxylic acids is 1. The van der Waals surface area contributed by atoms with Crippen LogP contribution in [-0.4, -0.2) is 18.1 Å². The van der Waals surface area contributed by atoms with Crippen molar-refractivity contribution in [1.82, 2.24) is 4.98 Å². The number of halogens is 3. The Labute approximate surface area is 91.4 Å². The average Bonchev–Trinajstić information content (AvgIpc) is 2.19. The van der Waals surface area contributed by atoms with Gasteiger partial charge in [0.2, 0.25) is 5.56 Å². The molecule has 0 saturated heterocycles. The number of hydrogen-bond acceptors (Lipinski definition) is 3. The van der Waals surface area contributed by atoms with Gasteiger partial charge in [-0.15, -0.1) is 0 Å². The lowest BCUT2D eigenvalue weighted by molar-refractivity contribution is 0.0598. The lowest BCUT2D eigenvalue weighted by Crippen LogP contribution is -2.15. The van der Waals surface area contributed by atoms with E-state index >= 15 is 0 Å². The third-order valence-electron chi connectivity index (χ3n) is 1.63. The van der Waals surface area contributed by atoms with Gasteiger partial charge in [0.25, 0.3) is 6.43 Å². The molecule has 0 atom stereocenters. The van der Waals surface area contributed by atoms with Crippen molar-refractivity contribution in [2.24, 2.45) is 0 Å². The molecule has 0 fully saturated rings. The second-order valence-electron chi connectivity index (χ2n) is 2.57. The molecule has 0 aliphatic heterocycles. The Balaban J connectivity index is 3.41. The summed E-state index contributed by atoms with van der Waals surface area (Å²) in [4.78, 5) is 24.0. The smallest absolute Gasteiger partial charge is 0.339 e. The molecule has 1 rings (SSSR count). The first-order valence-corrected chi connectivity index (χ1v) is 4.56. The molecule has 0 unspecified atom stereocenters. The van der Waals surface area contributed by atoms with Gasteiger partial charge in [-0.3, -0.25) is 4.79 Å². The van der Waals surface area contributed by atoms with E-state index in [1.54, 1.807) is 0 Å². The van der Waals surface area contributed by atoms with Crippen molar-refractivity contribution >= 4 is 21.9 Å². The Morgan fingerprint density at radius 3 is 2.67 bits per heavy atom. The van der Waals surface area contributed by atoms with E-state index in [9.17, 15) is 18.4 Å². The first-order valence-electron chi connectivity index (χ1n) is 3.76. The molecule has 82 valence electrons. The third kappa shape index (κ3) is 2.41. The lowest BCUT2D eigenvalue weighted by Gasteiger charge is -2.06. The van der Waals surface area contributed by atoms with E-state index in [4.69, 9.17) is 0 Å². The molecule has 0 saturated carbocycles. The van der Waals surface area contributed by atoms with E-state index < -0.39 is 23.6 Å². The van der Waals surface area contributed by atoms with Crippen LogP contribution >= 0.6 is 15.9 Å². The van der Waals surface area contributed by atoms with E-state index in [-0.39, 0.29) is 10.0 Å². The van der Waals surface area contributed by atoms with Crippen LogP contribution in [-0.2, 0) is 4.74 Å². The van der Waals surface area contributed by atoms with Gasteiger partial charge in [-0.25, -0.2) is 13.6 Å². The monoisotopic (exact) mass is 281 g/mol. The van der Waals surface area contributed by atoms with Gasteiger partial charge in [-0.1, -0.05) is 0 Å². The zero-order chi connectivity index (χ0) is 11.6. The van der Waals surface area contributed by atoms with Crippen LogP contribution in [0.5, 0.6) is 0 Å². The summed E-state index contributed by atoms with van der Waals surface area (Å²) in [5.74, 6) is -0.852. The van der Waals surface area contributed by atoms with Gasteiger partial charge in [-0.05, 0) is 15.9 Å². The minimum absolute atomic E-state index is 0.163. The van der Waals surface area contributed by atoms with Gasteiger partial charge in [-0.2, -0.15) is 0 Å². The fourth-order valence-corrected chi connectivity index (χ4v) is 1.52. The Morgan fingerprint density at radius 1 is 1.60 bits per heavy atom. The number of ether oxygens (including phenoxy) is 1. The summed E-state index contributed by atoms with van der Waals surface area (Å²) in [5, 5.41) is 0. The van der Waals surface area contributed by atoms with Crippen molar-refractivity contribution in [1.29, 1.82) is 0 Å². The molecule has 15 heavy (non-hydrogen) atoms. The number of carbonyl (C=O) groups is 1. The second-order valence-corrected chi connectivity index (χ2v) is 3.36. The van der Waals surface area contributed by atoms with E-state index in [1.165, 1.54) is 0 Å². The van der Waals surface area contributed by atoms with Crippen LogP contribution in [0.4, 0.5) is 8.78 Å². The quantitative estimate of drug-likeness (QED) is 0.842. The first-order chi connectivity index (χ1) is 6.97. The summed E-state index contributed by atoms with van der Waals surface area (Å²) in [5.41, 5.74) is -1.65. The van der Waals surface area contributed by atoms with E-state index in [2.05, 4.69) is 20.7 Å². The van der Waals surface area contributed by atoms with Crippen LogP contribution in [0.1, 0.15) is 22.5 Å². The highest BCUT2D eigenvalue weighted by molar-refractivity contribution is 9.10. The van der Waals surface area contributed by atoms with Crippen LogP contribution in [0.25, 0.3) is 0 Å². The fourth-order valence-electron chi connectivity index (χ4n) is 0.972. The van der Waals surface area contributed by atoms with Crippen LogP contribution in [0.15, 0.2) is 15.3 Å². The predicted octanol–water partition coefficient (Wildman–Crippen LogP) is 1.86. The molecular formula is C8H6BrF2NO3.